The van der Waals surface area contributed by atoms with Crippen molar-refractivity contribution in [3.63, 3.8) is 0 Å². The minimum atomic E-state index is -0.769. The van der Waals surface area contributed by atoms with Crippen LogP contribution >= 0.6 is 39.3 Å². The van der Waals surface area contributed by atoms with Gasteiger partial charge >= 0.3 is 5.97 Å². The lowest BCUT2D eigenvalue weighted by Gasteiger charge is -2.14. The first kappa shape index (κ1) is 28.5. The van der Waals surface area contributed by atoms with Crippen LogP contribution in [-0.2, 0) is 16.1 Å². The lowest BCUT2D eigenvalue weighted by Crippen LogP contribution is -2.14. The van der Waals surface area contributed by atoms with Crippen molar-refractivity contribution < 1.29 is 28.9 Å². The van der Waals surface area contributed by atoms with E-state index in [2.05, 4.69) is 20.9 Å². The van der Waals surface area contributed by atoms with E-state index in [-0.39, 0.29) is 29.6 Å². The molecule has 0 atom stereocenters. The summed E-state index contributed by atoms with van der Waals surface area (Å²) in [5.41, 5.74) is 1.72. The topological polar surface area (TPSA) is 94.4 Å². The first-order chi connectivity index (χ1) is 18.8. The van der Waals surface area contributed by atoms with Crippen molar-refractivity contribution in [2.45, 2.75) is 13.5 Å². The average Bonchev–Trinajstić information content (AvgIpc) is 3.22. The molecule has 7 nitrogen and oxygen atoms in total. The summed E-state index contributed by atoms with van der Waals surface area (Å²) in [4.78, 5) is 29.8. The standard InChI is InChI=1S/C29H23BrClNO6S/c1-3-37-29(35)24-25(33)23(39-28(24)32-27(34)19-9-5-4-6-10-19)15-18-13-21(30)26(22(14-18)36-2)38-16-17-8-7-11-20(31)12-17/h4-15,33H,3,16H2,1-2H3/b23-15-,32-28?. The lowest BCUT2D eigenvalue weighted by atomic mass is 10.1. The molecule has 39 heavy (non-hydrogen) atoms. The highest BCUT2D eigenvalue weighted by atomic mass is 79.9. The number of thioether (sulfide) groups is 1. The Balaban J connectivity index is 1.66. The van der Waals surface area contributed by atoms with Crippen LogP contribution in [0.4, 0.5) is 0 Å². The molecule has 10 heteroatoms. The van der Waals surface area contributed by atoms with E-state index in [0.29, 0.717) is 37.0 Å². The Bertz CT molecular complexity index is 1500. The van der Waals surface area contributed by atoms with Gasteiger partial charge in [0.15, 0.2) is 11.5 Å². The van der Waals surface area contributed by atoms with Crippen molar-refractivity contribution >= 4 is 62.3 Å². The largest absolute Gasteiger partial charge is 0.506 e. The fourth-order valence-corrected chi connectivity index (χ4v) is 5.43. The highest BCUT2D eigenvalue weighted by molar-refractivity contribution is 9.10. The summed E-state index contributed by atoms with van der Waals surface area (Å²) < 4.78 is 17.3. The monoisotopic (exact) mass is 627 g/mol. The van der Waals surface area contributed by atoms with Gasteiger partial charge in [0.05, 0.1) is 23.1 Å². The van der Waals surface area contributed by atoms with Crippen molar-refractivity contribution in [3.8, 4) is 11.5 Å². The summed E-state index contributed by atoms with van der Waals surface area (Å²) in [7, 11) is 1.52. The number of esters is 1. The van der Waals surface area contributed by atoms with Crippen LogP contribution in [0.2, 0.25) is 5.02 Å². The first-order valence-corrected chi connectivity index (χ1v) is 13.7. The minimum absolute atomic E-state index is 0.0542. The maximum absolute atomic E-state index is 12.7. The van der Waals surface area contributed by atoms with Crippen molar-refractivity contribution in [2.75, 3.05) is 13.7 Å². The number of ether oxygens (including phenoxy) is 3. The third kappa shape index (κ3) is 6.92. The van der Waals surface area contributed by atoms with Gasteiger partial charge < -0.3 is 19.3 Å². The molecule has 0 spiro atoms. The Morgan fingerprint density at radius 1 is 1.10 bits per heavy atom. The molecule has 4 rings (SSSR count). The zero-order chi connectivity index (χ0) is 27.9. The number of carbonyl (C=O) groups excluding carboxylic acids is 2. The summed E-state index contributed by atoms with van der Waals surface area (Å²) >= 11 is 10.6. The minimum Gasteiger partial charge on any atom is -0.506 e. The van der Waals surface area contributed by atoms with Gasteiger partial charge in [-0.05, 0) is 76.5 Å². The van der Waals surface area contributed by atoms with E-state index in [1.54, 1.807) is 61.5 Å². The lowest BCUT2D eigenvalue weighted by molar-refractivity contribution is -0.138. The maximum atomic E-state index is 12.7. The number of amides is 1. The van der Waals surface area contributed by atoms with Gasteiger partial charge in [-0.2, -0.15) is 0 Å². The van der Waals surface area contributed by atoms with Crippen molar-refractivity contribution in [2.24, 2.45) is 4.99 Å². The van der Waals surface area contributed by atoms with Gasteiger partial charge in [-0.15, -0.1) is 0 Å². The number of rotatable bonds is 8. The van der Waals surface area contributed by atoms with Crippen LogP contribution in [0.5, 0.6) is 11.5 Å². The molecule has 1 heterocycles. The van der Waals surface area contributed by atoms with Crippen LogP contribution in [0.3, 0.4) is 0 Å². The maximum Gasteiger partial charge on any atom is 0.344 e. The Kier molecular flexibility index (Phi) is 9.50. The van der Waals surface area contributed by atoms with Crippen LogP contribution in [-0.4, -0.2) is 35.7 Å². The second-order valence-corrected chi connectivity index (χ2v) is 10.4. The van der Waals surface area contributed by atoms with E-state index in [0.717, 1.165) is 17.3 Å². The highest BCUT2D eigenvalue weighted by Gasteiger charge is 2.34. The van der Waals surface area contributed by atoms with Crippen LogP contribution in [0, 0.1) is 0 Å². The predicted octanol–water partition coefficient (Wildman–Crippen LogP) is 7.39. The molecule has 0 aliphatic carbocycles. The van der Waals surface area contributed by atoms with E-state index in [9.17, 15) is 14.7 Å². The molecule has 0 aromatic heterocycles. The SMILES string of the molecule is CCOC(=O)C1=C(O)/C(=C/c2cc(Br)c(OCc3cccc(Cl)c3)c(OC)c2)SC1=NC(=O)c1ccccc1. The molecule has 1 N–H and O–H groups in total. The second-order valence-electron chi connectivity index (χ2n) is 8.10. The Morgan fingerprint density at radius 2 is 1.87 bits per heavy atom. The fraction of sp³-hybridized carbons (Fsp3) is 0.138. The number of hydrogen-bond acceptors (Lipinski definition) is 7. The van der Waals surface area contributed by atoms with E-state index in [4.69, 9.17) is 25.8 Å². The Labute approximate surface area is 243 Å². The summed E-state index contributed by atoms with van der Waals surface area (Å²) in [6.45, 7) is 2.02. The number of nitrogens with zero attached hydrogens (tertiary/aromatic N) is 1. The van der Waals surface area contributed by atoms with E-state index >= 15 is 0 Å². The smallest absolute Gasteiger partial charge is 0.344 e. The van der Waals surface area contributed by atoms with E-state index in [1.807, 2.05) is 18.2 Å². The zero-order valence-corrected chi connectivity index (χ0v) is 24.1. The number of benzene rings is 3. The van der Waals surface area contributed by atoms with E-state index in [1.165, 1.54) is 7.11 Å². The number of aliphatic imine (C=N–C) groups is 1. The van der Waals surface area contributed by atoms with Gasteiger partial charge in [-0.3, -0.25) is 4.79 Å². The summed E-state index contributed by atoms with van der Waals surface area (Å²) in [6.07, 6.45) is 1.66. The third-order valence-corrected chi connectivity index (χ3v) is 7.26. The molecule has 0 unspecified atom stereocenters. The molecule has 3 aromatic rings. The molecular formula is C29H23BrClNO6S. The van der Waals surface area contributed by atoms with Crippen molar-refractivity contribution in [3.05, 3.63) is 109 Å². The third-order valence-electron chi connectivity index (χ3n) is 5.42. The molecule has 1 amide bonds. The molecule has 0 fully saturated rings. The summed E-state index contributed by atoms with van der Waals surface area (Å²) in [6, 6.07) is 19.3. The Hall–Kier alpha value is -3.53. The highest BCUT2D eigenvalue weighted by Crippen LogP contribution is 2.42. The normalized spacial score (nSPS) is 15.1. The van der Waals surface area contributed by atoms with Crippen molar-refractivity contribution in [1.82, 2.24) is 0 Å². The summed E-state index contributed by atoms with van der Waals surface area (Å²) in [5.74, 6) is -0.701. The molecule has 1 aliphatic heterocycles. The number of aliphatic hydroxyl groups is 1. The van der Waals surface area contributed by atoms with Crippen LogP contribution in [0.15, 0.2) is 92.4 Å². The van der Waals surface area contributed by atoms with Gasteiger partial charge in [-0.25, -0.2) is 9.79 Å². The Morgan fingerprint density at radius 3 is 2.56 bits per heavy atom. The fourth-order valence-electron chi connectivity index (χ4n) is 3.63. The van der Waals surface area contributed by atoms with Gasteiger partial charge in [-0.1, -0.05) is 53.7 Å². The van der Waals surface area contributed by atoms with Crippen LogP contribution < -0.4 is 9.47 Å². The van der Waals surface area contributed by atoms with Crippen LogP contribution in [0.25, 0.3) is 6.08 Å². The van der Waals surface area contributed by atoms with Gasteiger partial charge in [0, 0.05) is 10.6 Å². The first-order valence-electron chi connectivity index (χ1n) is 11.7. The number of aliphatic hydroxyl groups excluding tert-OH is 1. The van der Waals surface area contributed by atoms with Gasteiger partial charge in [0.2, 0.25) is 0 Å². The molecule has 0 saturated carbocycles. The summed E-state index contributed by atoms with van der Waals surface area (Å²) in [5, 5.41) is 11.6. The molecule has 0 saturated heterocycles. The predicted molar refractivity (Wildman–Crippen MR) is 157 cm³/mol. The van der Waals surface area contributed by atoms with Gasteiger partial charge in [0.1, 0.15) is 23.0 Å². The molecule has 0 bridgehead atoms. The molecular weight excluding hydrogens is 606 g/mol. The zero-order valence-electron chi connectivity index (χ0n) is 20.9. The molecule has 0 radical (unpaired) electrons. The quantitative estimate of drug-likeness (QED) is 0.260. The number of methoxy groups -OCH3 is 1. The molecule has 3 aromatic carbocycles. The number of halogens is 2. The van der Waals surface area contributed by atoms with Crippen molar-refractivity contribution in [1.29, 1.82) is 0 Å². The second kappa shape index (κ2) is 13.0. The number of carbonyl (C=O) groups is 2. The average molecular weight is 629 g/mol. The van der Waals surface area contributed by atoms with Gasteiger partial charge in [0.25, 0.3) is 5.91 Å². The molecule has 200 valence electrons. The van der Waals surface area contributed by atoms with Crippen LogP contribution in [0.1, 0.15) is 28.4 Å². The molecule has 1 aliphatic rings. The number of hydrogen-bond donors (Lipinski definition) is 1. The van der Waals surface area contributed by atoms with E-state index < -0.39 is 11.9 Å².